The van der Waals surface area contributed by atoms with E-state index in [9.17, 15) is 0 Å². The maximum atomic E-state index is 6.03. The fourth-order valence-corrected chi connectivity index (χ4v) is 1.56. The molecule has 2 nitrogen and oxygen atoms in total. The van der Waals surface area contributed by atoms with Gasteiger partial charge in [0.25, 0.3) is 0 Å². The van der Waals surface area contributed by atoms with Crippen LogP contribution in [0.25, 0.3) is 0 Å². The van der Waals surface area contributed by atoms with Gasteiger partial charge in [0.1, 0.15) is 5.75 Å². The standard InChI is InChI=1S/C15H25NO/c1-6-15(4,5)12-7-8-14(13(16)9-12)17-10-11(2)3/h7-9,11H,6,10,16H2,1-5H3. The summed E-state index contributed by atoms with van der Waals surface area (Å²) in [6, 6.07) is 6.15. The average molecular weight is 235 g/mol. The molecule has 0 spiro atoms. The lowest BCUT2D eigenvalue weighted by molar-refractivity contribution is 0.272. The van der Waals surface area contributed by atoms with Crippen molar-refractivity contribution in [3.8, 4) is 5.75 Å². The highest BCUT2D eigenvalue weighted by atomic mass is 16.5. The molecule has 1 aromatic carbocycles. The number of anilines is 1. The maximum absolute atomic E-state index is 6.03. The first-order valence-electron chi connectivity index (χ1n) is 6.39. The van der Waals surface area contributed by atoms with Crippen molar-refractivity contribution in [3.05, 3.63) is 23.8 Å². The molecule has 0 fully saturated rings. The first-order valence-corrected chi connectivity index (χ1v) is 6.39. The lowest BCUT2D eigenvalue weighted by atomic mass is 9.82. The fraction of sp³-hybridized carbons (Fsp3) is 0.600. The molecule has 0 saturated carbocycles. The van der Waals surface area contributed by atoms with Crippen LogP contribution in [0.1, 0.15) is 46.6 Å². The van der Waals surface area contributed by atoms with Gasteiger partial charge in [-0.3, -0.25) is 0 Å². The Morgan fingerprint density at radius 2 is 1.94 bits per heavy atom. The summed E-state index contributed by atoms with van der Waals surface area (Å²) in [5, 5.41) is 0. The molecule has 0 heterocycles. The first-order chi connectivity index (χ1) is 7.86. The minimum atomic E-state index is 0.171. The van der Waals surface area contributed by atoms with Gasteiger partial charge in [-0.05, 0) is 35.4 Å². The molecule has 1 rings (SSSR count). The van der Waals surface area contributed by atoms with Crippen LogP contribution in [0.15, 0.2) is 18.2 Å². The molecule has 96 valence electrons. The Balaban J connectivity index is 2.86. The Kier molecular flexibility index (Phi) is 4.44. The number of nitrogen functional groups attached to an aromatic ring is 1. The van der Waals surface area contributed by atoms with Gasteiger partial charge in [-0.1, -0.05) is 40.7 Å². The summed E-state index contributed by atoms with van der Waals surface area (Å²) in [5.74, 6) is 1.32. The zero-order valence-electron chi connectivity index (χ0n) is 11.7. The quantitative estimate of drug-likeness (QED) is 0.783. The van der Waals surface area contributed by atoms with Crippen LogP contribution >= 0.6 is 0 Å². The molecule has 2 heteroatoms. The van der Waals surface area contributed by atoms with Gasteiger partial charge >= 0.3 is 0 Å². The van der Waals surface area contributed by atoms with E-state index in [1.165, 1.54) is 5.56 Å². The van der Waals surface area contributed by atoms with Crippen LogP contribution in [0.2, 0.25) is 0 Å². The van der Waals surface area contributed by atoms with E-state index in [1.54, 1.807) is 0 Å². The van der Waals surface area contributed by atoms with E-state index >= 15 is 0 Å². The van der Waals surface area contributed by atoms with E-state index in [4.69, 9.17) is 10.5 Å². The van der Waals surface area contributed by atoms with Crippen LogP contribution in [-0.2, 0) is 5.41 Å². The Hall–Kier alpha value is -1.18. The molecular weight excluding hydrogens is 210 g/mol. The van der Waals surface area contributed by atoms with Gasteiger partial charge in [-0.2, -0.15) is 0 Å². The van der Waals surface area contributed by atoms with Crippen LogP contribution in [0, 0.1) is 5.92 Å². The van der Waals surface area contributed by atoms with Crippen molar-refractivity contribution >= 4 is 5.69 Å². The summed E-state index contributed by atoms with van der Waals surface area (Å²) in [5.41, 5.74) is 8.22. The molecule has 0 aliphatic carbocycles. The molecule has 0 aliphatic heterocycles. The lowest BCUT2D eigenvalue weighted by Crippen LogP contribution is -2.16. The second-order valence-electron chi connectivity index (χ2n) is 5.69. The van der Waals surface area contributed by atoms with E-state index in [0.29, 0.717) is 12.5 Å². The van der Waals surface area contributed by atoms with Crippen molar-refractivity contribution in [3.63, 3.8) is 0 Å². The number of ether oxygens (including phenoxy) is 1. The molecule has 0 amide bonds. The third-order valence-corrected chi connectivity index (χ3v) is 3.25. The molecule has 0 radical (unpaired) electrons. The van der Waals surface area contributed by atoms with Crippen molar-refractivity contribution in [1.82, 2.24) is 0 Å². The summed E-state index contributed by atoms with van der Waals surface area (Å²) < 4.78 is 5.67. The van der Waals surface area contributed by atoms with Crippen molar-refractivity contribution in [2.45, 2.75) is 46.5 Å². The van der Waals surface area contributed by atoms with Gasteiger partial charge in [-0.15, -0.1) is 0 Å². The molecule has 0 atom stereocenters. The second kappa shape index (κ2) is 5.44. The maximum Gasteiger partial charge on any atom is 0.142 e. The van der Waals surface area contributed by atoms with Crippen molar-refractivity contribution in [1.29, 1.82) is 0 Å². The minimum Gasteiger partial charge on any atom is -0.491 e. The lowest BCUT2D eigenvalue weighted by Gasteiger charge is -2.24. The van der Waals surface area contributed by atoms with Gasteiger partial charge in [0.2, 0.25) is 0 Å². The molecule has 17 heavy (non-hydrogen) atoms. The Morgan fingerprint density at radius 3 is 2.41 bits per heavy atom. The highest BCUT2D eigenvalue weighted by Crippen LogP contribution is 2.32. The van der Waals surface area contributed by atoms with Crippen LogP contribution in [0.4, 0.5) is 5.69 Å². The van der Waals surface area contributed by atoms with Crippen LogP contribution in [0.5, 0.6) is 5.75 Å². The summed E-state index contributed by atoms with van der Waals surface area (Å²) in [4.78, 5) is 0. The number of nitrogens with two attached hydrogens (primary N) is 1. The molecule has 0 unspecified atom stereocenters. The topological polar surface area (TPSA) is 35.2 Å². The fourth-order valence-electron chi connectivity index (χ4n) is 1.56. The summed E-state index contributed by atoms with van der Waals surface area (Å²) in [6.45, 7) is 11.6. The highest BCUT2D eigenvalue weighted by molar-refractivity contribution is 5.55. The third-order valence-electron chi connectivity index (χ3n) is 3.25. The first kappa shape index (κ1) is 13.9. The van der Waals surface area contributed by atoms with E-state index in [0.717, 1.165) is 17.9 Å². The molecule has 1 aromatic rings. The SMILES string of the molecule is CCC(C)(C)c1ccc(OCC(C)C)c(N)c1. The zero-order valence-corrected chi connectivity index (χ0v) is 11.7. The highest BCUT2D eigenvalue weighted by Gasteiger charge is 2.18. The minimum absolute atomic E-state index is 0.171. The van der Waals surface area contributed by atoms with E-state index in [1.807, 2.05) is 12.1 Å². The number of rotatable bonds is 5. The van der Waals surface area contributed by atoms with Gasteiger partial charge in [0.15, 0.2) is 0 Å². The third kappa shape index (κ3) is 3.65. The summed E-state index contributed by atoms with van der Waals surface area (Å²) >= 11 is 0. The van der Waals surface area contributed by atoms with Crippen LogP contribution < -0.4 is 10.5 Å². The average Bonchev–Trinajstić information content (AvgIpc) is 2.27. The Labute approximate surface area is 105 Å². The molecule has 0 aliphatic rings. The number of benzene rings is 1. The molecule has 0 aromatic heterocycles. The normalized spacial score (nSPS) is 11.9. The van der Waals surface area contributed by atoms with E-state index in [2.05, 4.69) is 40.7 Å². The predicted octanol–water partition coefficient (Wildman–Crippen LogP) is 3.99. The van der Waals surface area contributed by atoms with Gasteiger partial charge in [-0.25, -0.2) is 0 Å². The van der Waals surface area contributed by atoms with E-state index < -0.39 is 0 Å². The Morgan fingerprint density at radius 1 is 1.29 bits per heavy atom. The largest absolute Gasteiger partial charge is 0.491 e. The van der Waals surface area contributed by atoms with E-state index in [-0.39, 0.29) is 5.41 Å². The van der Waals surface area contributed by atoms with Crippen molar-refractivity contribution in [2.24, 2.45) is 5.92 Å². The Bertz CT molecular complexity index is 369. The van der Waals surface area contributed by atoms with Gasteiger partial charge in [0.05, 0.1) is 12.3 Å². The molecule has 0 bridgehead atoms. The number of hydrogen-bond acceptors (Lipinski definition) is 2. The van der Waals surface area contributed by atoms with Gasteiger partial charge < -0.3 is 10.5 Å². The summed E-state index contributed by atoms with van der Waals surface area (Å²) in [7, 11) is 0. The monoisotopic (exact) mass is 235 g/mol. The van der Waals surface area contributed by atoms with Gasteiger partial charge in [0, 0.05) is 0 Å². The molecular formula is C15H25NO. The predicted molar refractivity (Wildman–Crippen MR) is 74.5 cm³/mol. The number of hydrogen-bond donors (Lipinski definition) is 1. The smallest absolute Gasteiger partial charge is 0.142 e. The zero-order chi connectivity index (χ0) is 13.1. The van der Waals surface area contributed by atoms with Crippen LogP contribution in [0.3, 0.4) is 0 Å². The second-order valence-corrected chi connectivity index (χ2v) is 5.69. The molecule has 2 N–H and O–H groups in total. The molecule has 0 saturated heterocycles. The summed E-state index contributed by atoms with van der Waals surface area (Å²) in [6.07, 6.45) is 1.10. The van der Waals surface area contributed by atoms with Crippen LogP contribution in [-0.4, -0.2) is 6.61 Å². The van der Waals surface area contributed by atoms with Crippen molar-refractivity contribution in [2.75, 3.05) is 12.3 Å². The van der Waals surface area contributed by atoms with Crippen molar-refractivity contribution < 1.29 is 4.74 Å².